The number of carbonyl (C=O) groups is 1. The first-order valence-electron chi connectivity index (χ1n) is 11.5. The molecule has 26 heavy (non-hydrogen) atoms. The summed E-state index contributed by atoms with van der Waals surface area (Å²) >= 11 is 4.44. The van der Waals surface area contributed by atoms with E-state index in [-0.39, 0.29) is 0 Å². The van der Waals surface area contributed by atoms with Crippen molar-refractivity contribution < 1.29 is 4.79 Å². The molecule has 3 aliphatic carbocycles. The summed E-state index contributed by atoms with van der Waals surface area (Å²) in [7, 11) is 0. The van der Waals surface area contributed by atoms with Gasteiger partial charge in [0.05, 0.1) is 0 Å². The van der Waals surface area contributed by atoms with Gasteiger partial charge in [-0.15, -0.1) is 0 Å². The molecule has 2 heteroatoms. The second-order valence-corrected chi connectivity index (χ2v) is 11.0. The fourth-order valence-electron chi connectivity index (χ4n) is 7.05. The van der Waals surface area contributed by atoms with Gasteiger partial charge in [0.25, 0.3) is 0 Å². The third kappa shape index (κ3) is 4.20. The van der Waals surface area contributed by atoms with E-state index < -0.39 is 0 Å². The van der Waals surface area contributed by atoms with Crippen molar-refractivity contribution in [3.63, 3.8) is 0 Å². The molecule has 150 valence electrons. The maximum absolute atomic E-state index is 12.2. The lowest BCUT2D eigenvalue weighted by Gasteiger charge is -2.47. The highest BCUT2D eigenvalue weighted by molar-refractivity contribution is 7.80. The molecule has 0 aromatic rings. The van der Waals surface area contributed by atoms with E-state index in [1.54, 1.807) is 0 Å². The molecular formula is C24H42OS. The predicted molar refractivity (Wildman–Crippen MR) is 115 cm³/mol. The molecule has 0 spiro atoms. The lowest BCUT2D eigenvalue weighted by molar-refractivity contribution is -0.125. The molecule has 0 bridgehead atoms. The standard InChI is InChI=1S/C24H42OS/c1-18-8-11-22-19(7-4-5-16-26)9-10-20-17-21(25)12-15-23(20,2)13-6-14-24(18,22)3/h18-20,22,26H,4-17H2,1-3H3. The lowest BCUT2D eigenvalue weighted by Crippen LogP contribution is -2.38. The van der Waals surface area contributed by atoms with E-state index in [0.717, 1.165) is 42.8 Å². The second-order valence-electron chi connectivity index (χ2n) is 10.6. The molecule has 3 rings (SSSR count). The van der Waals surface area contributed by atoms with Gasteiger partial charge in [-0.1, -0.05) is 40.0 Å². The van der Waals surface area contributed by atoms with E-state index in [0.29, 0.717) is 22.5 Å². The van der Waals surface area contributed by atoms with Crippen LogP contribution in [0.1, 0.15) is 104 Å². The third-order valence-electron chi connectivity index (χ3n) is 9.22. The van der Waals surface area contributed by atoms with Gasteiger partial charge in [-0.3, -0.25) is 4.79 Å². The van der Waals surface area contributed by atoms with Gasteiger partial charge in [-0.25, -0.2) is 0 Å². The molecule has 0 aromatic heterocycles. The van der Waals surface area contributed by atoms with Crippen LogP contribution >= 0.6 is 12.6 Å². The molecule has 3 saturated carbocycles. The Morgan fingerprint density at radius 1 is 1.04 bits per heavy atom. The van der Waals surface area contributed by atoms with Crippen molar-refractivity contribution in [2.24, 2.45) is 34.5 Å². The number of hydrogen-bond acceptors (Lipinski definition) is 2. The number of fused-ring (bicyclic) bond motifs is 2. The summed E-state index contributed by atoms with van der Waals surface area (Å²) in [6, 6.07) is 0. The van der Waals surface area contributed by atoms with Crippen LogP contribution in [0.2, 0.25) is 0 Å². The quantitative estimate of drug-likeness (QED) is 0.408. The van der Waals surface area contributed by atoms with Crippen LogP contribution in [0.15, 0.2) is 0 Å². The van der Waals surface area contributed by atoms with E-state index in [9.17, 15) is 4.79 Å². The van der Waals surface area contributed by atoms with Gasteiger partial charge in [0.15, 0.2) is 0 Å². The molecule has 0 N–H and O–H groups in total. The number of hydrogen-bond donors (Lipinski definition) is 1. The summed E-state index contributed by atoms with van der Waals surface area (Å²) in [5, 5.41) is 0. The average molecular weight is 379 g/mol. The molecule has 3 aliphatic rings. The SMILES string of the molecule is CC1CCC2C(CCCCS)CCC3CC(=O)CCC3(C)CCCC12C. The molecule has 6 atom stereocenters. The molecule has 1 nitrogen and oxygen atoms in total. The highest BCUT2D eigenvalue weighted by atomic mass is 32.1. The monoisotopic (exact) mass is 378 g/mol. The van der Waals surface area contributed by atoms with Crippen molar-refractivity contribution in [2.75, 3.05) is 5.75 Å². The minimum atomic E-state index is 0.425. The molecule has 0 radical (unpaired) electrons. The molecule has 0 heterocycles. The number of Topliss-reactive ketones (excluding diaryl/α,β-unsaturated/α-hetero) is 1. The third-order valence-corrected chi connectivity index (χ3v) is 9.54. The van der Waals surface area contributed by atoms with Crippen molar-refractivity contribution in [3.05, 3.63) is 0 Å². The van der Waals surface area contributed by atoms with Gasteiger partial charge in [0, 0.05) is 12.8 Å². The smallest absolute Gasteiger partial charge is 0.133 e. The molecule has 3 fully saturated rings. The Morgan fingerprint density at radius 2 is 1.85 bits per heavy atom. The predicted octanol–water partition coefficient (Wildman–Crippen LogP) is 7.09. The van der Waals surface area contributed by atoms with Crippen LogP contribution in [0.3, 0.4) is 0 Å². The topological polar surface area (TPSA) is 17.1 Å². The number of ketones is 1. The van der Waals surface area contributed by atoms with E-state index >= 15 is 0 Å². The Bertz CT molecular complexity index is 489. The summed E-state index contributed by atoms with van der Waals surface area (Å²) in [6.45, 7) is 7.67. The maximum atomic E-state index is 12.2. The van der Waals surface area contributed by atoms with Crippen LogP contribution in [0.5, 0.6) is 0 Å². The molecule has 6 unspecified atom stereocenters. The van der Waals surface area contributed by atoms with Crippen molar-refractivity contribution in [2.45, 2.75) is 104 Å². The minimum absolute atomic E-state index is 0.425. The van der Waals surface area contributed by atoms with Gasteiger partial charge >= 0.3 is 0 Å². The summed E-state index contributed by atoms with van der Waals surface area (Å²) in [5.41, 5.74) is 0.980. The van der Waals surface area contributed by atoms with Gasteiger partial charge in [0.1, 0.15) is 5.78 Å². The normalized spacial score (nSPS) is 44.4. The van der Waals surface area contributed by atoms with E-state index in [2.05, 4.69) is 33.4 Å². The molecule has 0 saturated heterocycles. The number of carbonyl (C=O) groups excluding carboxylic acids is 1. The highest BCUT2D eigenvalue weighted by Crippen LogP contribution is 2.58. The molecule has 0 amide bonds. The number of thiol groups is 1. The summed E-state index contributed by atoms with van der Waals surface area (Å²) < 4.78 is 0. The fourth-order valence-corrected chi connectivity index (χ4v) is 7.27. The van der Waals surface area contributed by atoms with Crippen LogP contribution in [0.4, 0.5) is 0 Å². The van der Waals surface area contributed by atoms with Crippen LogP contribution in [0.25, 0.3) is 0 Å². The Hall–Kier alpha value is 0.0200. The second kappa shape index (κ2) is 8.58. The lowest BCUT2D eigenvalue weighted by atomic mass is 9.58. The van der Waals surface area contributed by atoms with E-state index in [1.807, 2.05) is 0 Å². The molecule has 0 aromatic carbocycles. The number of rotatable bonds is 4. The van der Waals surface area contributed by atoms with Crippen molar-refractivity contribution in [1.29, 1.82) is 0 Å². The van der Waals surface area contributed by atoms with Crippen LogP contribution in [-0.4, -0.2) is 11.5 Å². The Balaban J connectivity index is 1.80. The zero-order chi connectivity index (χ0) is 18.8. The first kappa shape index (κ1) is 20.7. The Kier molecular flexibility index (Phi) is 6.85. The fraction of sp³-hybridized carbons (Fsp3) is 0.958. The average Bonchev–Trinajstić information content (AvgIpc) is 2.89. The Morgan fingerprint density at radius 3 is 2.62 bits per heavy atom. The van der Waals surface area contributed by atoms with E-state index in [4.69, 9.17) is 0 Å². The van der Waals surface area contributed by atoms with Gasteiger partial charge in [0.2, 0.25) is 0 Å². The summed E-state index contributed by atoms with van der Waals surface area (Å²) in [6.07, 6.45) is 16.6. The number of unbranched alkanes of at least 4 members (excludes halogenated alkanes) is 1. The largest absolute Gasteiger partial charge is 0.300 e. The molecular weight excluding hydrogens is 336 g/mol. The molecule has 0 aliphatic heterocycles. The van der Waals surface area contributed by atoms with Crippen LogP contribution in [0, 0.1) is 34.5 Å². The van der Waals surface area contributed by atoms with Gasteiger partial charge < -0.3 is 0 Å². The zero-order valence-corrected chi connectivity index (χ0v) is 18.5. The summed E-state index contributed by atoms with van der Waals surface area (Å²) in [4.78, 5) is 12.2. The van der Waals surface area contributed by atoms with Crippen molar-refractivity contribution >= 4 is 18.4 Å². The Labute approximate surface area is 167 Å². The van der Waals surface area contributed by atoms with Crippen molar-refractivity contribution in [1.82, 2.24) is 0 Å². The summed E-state index contributed by atoms with van der Waals surface area (Å²) in [5.74, 6) is 4.90. The maximum Gasteiger partial charge on any atom is 0.133 e. The zero-order valence-electron chi connectivity index (χ0n) is 17.6. The van der Waals surface area contributed by atoms with Crippen LogP contribution < -0.4 is 0 Å². The van der Waals surface area contributed by atoms with Gasteiger partial charge in [-0.05, 0) is 91.6 Å². The van der Waals surface area contributed by atoms with Crippen LogP contribution in [-0.2, 0) is 4.79 Å². The van der Waals surface area contributed by atoms with Gasteiger partial charge in [-0.2, -0.15) is 12.6 Å². The first-order chi connectivity index (χ1) is 12.4. The first-order valence-corrected chi connectivity index (χ1v) is 12.1. The highest BCUT2D eigenvalue weighted by Gasteiger charge is 2.48. The van der Waals surface area contributed by atoms with Crippen molar-refractivity contribution in [3.8, 4) is 0 Å². The minimum Gasteiger partial charge on any atom is -0.300 e. The van der Waals surface area contributed by atoms with E-state index in [1.165, 1.54) is 64.2 Å².